The molecule has 2 rings (SSSR count). The maximum absolute atomic E-state index is 12.2. The summed E-state index contributed by atoms with van der Waals surface area (Å²) < 4.78 is 5.66. The summed E-state index contributed by atoms with van der Waals surface area (Å²) in [7, 11) is 0. The minimum absolute atomic E-state index is 0.0526. The lowest BCUT2D eigenvalue weighted by atomic mass is 10.0. The molecule has 0 bridgehead atoms. The van der Waals surface area contributed by atoms with Gasteiger partial charge in [0.05, 0.1) is 12.5 Å². The molecule has 0 spiro atoms. The zero-order chi connectivity index (χ0) is 16.8. The molecule has 1 amide bonds. The zero-order valence-electron chi connectivity index (χ0n) is 13.8. The third kappa shape index (κ3) is 4.71. The highest BCUT2D eigenvalue weighted by atomic mass is 16.5. The van der Waals surface area contributed by atoms with Crippen molar-refractivity contribution in [2.24, 2.45) is 5.92 Å². The Morgan fingerprint density at radius 3 is 2.78 bits per heavy atom. The van der Waals surface area contributed by atoms with Crippen LogP contribution in [0.5, 0.6) is 5.75 Å². The van der Waals surface area contributed by atoms with E-state index in [4.69, 9.17) is 9.84 Å². The quantitative estimate of drug-likeness (QED) is 0.785. The van der Waals surface area contributed by atoms with Crippen LogP contribution in [0.3, 0.4) is 0 Å². The number of carboxylic acid groups (broad SMARTS) is 1. The Kier molecular flexibility index (Phi) is 6.02. The Labute approximate surface area is 137 Å². The summed E-state index contributed by atoms with van der Waals surface area (Å²) in [6.07, 6.45) is 2.57. The molecule has 2 unspecified atom stereocenters. The first-order chi connectivity index (χ1) is 11.0. The topological polar surface area (TPSA) is 66.8 Å². The van der Waals surface area contributed by atoms with Gasteiger partial charge < -0.3 is 14.7 Å². The van der Waals surface area contributed by atoms with Gasteiger partial charge in [0.1, 0.15) is 5.75 Å². The van der Waals surface area contributed by atoms with Crippen molar-refractivity contribution in [1.29, 1.82) is 0 Å². The van der Waals surface area contributed by atoms with Crippen molar-refractivity contribution in [1.82, 2.24) is 4.90 Å². The maximum Gasteiger partial charge on any atom is 0.308 e. The summed E-state index contributed by atoms with van der Waals surface area (Å²) in [5.74, 6) is -0.325. The van der Waals surface area contributed by atoms with Crippen LogP contribution >= 0.6 is 0 Å². The summed E-state index contributed by atoms with van der Waals surface area (Å²) in [6, 6.07) is 7.69. The van der Waals surface area contributed by atoms with Gasteiger partial charge in [0.15, 0.2) is 0 Å². The Morgan fingerprint density at radius 1 is 1.35 bits per heavy atom. The number of likely N-dealkylation sites (tertiary alicyclic amines) is 1. The van der Waals surface area contributed by atoms with E-state index in [-0.39, 0.29) is 11.9 Å². The molecule has 1 aliphatic heterocycles. The number of aryl methyl sites for hydroxylation is 1. The molecule has 1 aromatic carbocycles. The monoisotopic (exact) mass is 319 g/mol. The van der Waals surface area contributed by atoms with Crippen molar-refractivity contribution in [3.8, 4) is 5.75 Å². The minimum Gasteiger partial charge on any atom is -0.494 e. The molecule has 0 radical (unpaired) electrons. The fourth-order valence-electron chi connectivity index (χ4n) is 3.04. The highest BCUT2D eigenvalue weighted by Crippen LogP contribution is 2.25. The highest BCUT2D eigenvalue weighted by Gasteiger charge is 2.37. The van der Waals surface area contributed by atoms with Crippen molar-refractivity contribution in [2.45, 2.75) is 45.6 Å². The predicted molar refractivity (Wildman–Crippen MR) is 87.4 cm³/mol. The number of rotatable bonds is 7. The number of nitrogens with zero attached hydrogens (tertiary/aromatic N) is 1. The molecular weight excluding hydrogens is 294 g/mol. The SMILES string of the molecule is Cc1cccc(OCCCCC(=O)N2CCC(C(=O)O)C2C)c1. The van der Waals surface area contributed by atoms with Crippen LogP contribution in [0.15, 0.2) is 24.3 Å². The van der Waals surface area contributed by atoms with Crippen LogP contribution < -0.4 is 4.74 Å². The minimum atomic E-state index is -0.806. The van der Waals surface area contributed by atoms with E-state index >= 15 is 0 Å². The van der Waals surface area contributed by atoms with Gasteiger partial charge in [-0.05, 0) is 50.8 Å². The van der Waals surface area contributed by atoms with Gasteiger partial charge >= 0.3 is 5.97 Å². The van der Waals surface area contributed by atoms with Crippen LogP contribution in [0.2, 0.25) is 0 Å². The second-order valence-corrected chi connectivity index (χ2v) is 6.18. The van der Waals surface area contributed by atoms with Gasteiger partial charge in [0, 0.05) is 19.0 Å². The van der Waals surface area contributed by atoms with E-state index < -0.39 is 11.9 Å². The number of hydrogen-bond acceptors (Lipinski definition) is 3. The van der Waals surface area contributed by atoms with Gasteiger partial charge in [-0.15, -0.1) is 0 Å². The van der Waals surface area contributed by atoms with Crippen LogP contribution in [-0.4, -0.2) is 41.1 Å². The first-order valence-electron chi connectivity index (χ1n) is 8.21. The molecular formula is C18H25NO4. The molecule has 1 aromatic rings. The summed E-state index contributed by atoms with van der Waals surface area (Å²) in [6.45, 7) is 4.98. The Balaban J connectivity index is 1.66. The lowest BCUT2D eigenvalue weighted by Crippen LogP contribution is -2.37. The van der Waals surface area contributed by atoms with Gasteiger partial charge in [0.2, 0.25) is 5.91 Å². The number of unbranched alkanes of at least 4 members (excludes halogenated alkanes) is 1. The number of benzene rings is 1. The van der Waals surface area contributed by atoms with E-state index in [0.717, 1.165) is 24.2 Å². The fraction of sp³-hybridized carbons (Fsp3) is 0.556. The van der Waals surface area contributed by atoms with E-state index in [9.17, 15) is 9.59 Å². The van der Waals surface area contributed by atoms with E-state index in [1.165, 1.54) is 0 Å². The summed E-state index contributed by atoms with van der Waals surface area (Å²) in [4.78, 5) is 25.0. The maximum atomic E-state index is 12.2. The molecule has 0 aromatic heterocycles. The van der Waals surface area contributed by atoms with E-state index in [2.05, 4.69) is 0 Å². The third-order valence-electron chi connectivity index (χ3n) is 4.44. The predicted octanol–water partition coefficient (Wildman–Crippen LogP) is 2.87. The molecule has 5 nitrogen and oxygen atoms in total. The molecule has 1 heterocycles. The smallest absolute Gasteiger partial charge is 0.308 e. The Bertz CT molecular complexity index is 558. The molecule has 0 saturated carbocycles. The Morgan fingerprint density at radius 2 is 2.13 bits per heavy atom. The van der Waals surface area contributed by atoms with Crippen molar-refractivity contribution in [2.75, 3.05) is 13.2 Å². The van der Waals surface area contributed by atoms with E-state index in [1.54, 1.807) is 4.90 Å². The lowest BCUT2D eigenvalue weighted by Gasteiger charge is -2.23. The van der Waals surface area contributed by atoms with Gasteiger partial charge in [-0.1, -0.05) is 12.1 Å². The molecule has 23 heavy (non-hydrogen) atoms. The third-order valence-corrected chi connectivity index (χ3v) is 4.44. The van der Waals surface area contributed by atoms with Gasteiger partial charge in [-0.3, -0.25) is 9.59 Å². The van der Waals surface area contributed by atoms with E-state index in [0.29, 0.717) is 26.0 Å². The molecule has 2 atom stereocenters. The van der Waals surface area contributed by atoms with Crippen LogP contribution in [-0.2, 0) is 9.59 Å². The molecule has 126 valence electrons. The van der Waals surface area contributed by atoms with E-state index in [1.807, 2.05) is 38.1 Å². The number of ether oxygens (including phenoxy) is 1. The summed E-state index contributed by atoms with van der Waals surface area (Å²) >= 11 is 0. The van der Waals surface area contributed by atoms with Crippen molar-refractivity contribution in [3.63, 3.8) is 0 Å². The average molecular weight is 319 g/mol. The van der Waals surface area contributed by atoms with Crippen molar-refractivity contribution >= 4 is 11.9 Å². The zero-order valence-corrected chi connectivity index (χ0v) is 13.8. The molecule has 1 saturated heterocycles. The number of carbonyl (C=O) groups is 2. The van der Waals surface area contributed by atoms with Crippen LogP contribution in [0, 0.1) is 12.8 Å². The number of hydrogen-bond donors (Lipinski definition) is 1. The fourth-order valence-corrected chi connectivity index (χ4v) is 3.04. The largest absolute Gasteiger partial charge is 0.494 e. The van der Waals surface area contributed by atoms with Crippen LogP contribution in [0.25, 0.3) is 0 Å². The van der Waals surface area contributed by atoms with Crippen molar-refractivity contribution < 1.29 is 19.4 Å². The van der Waals surface area contributed by atoms with Gasteiger partial charge in [0.25, 0.3) is 0 Å². The lowest BCUT2D eigenvalue weighted by molar-refractivity contribution is -0.143. The summed E-state index contributed by atoms with van der Waals surface area (Å²) in [5, 5.41) is 9.10. The van der Waals surface area contributed by atoms with Crippen LogP contribution in [0.1, 0.15) is 38.2 Å². The summed E-state index contributed by atoms with van der Waals surface area (Å²) in [5.41, 5.74) is 1.16. The van der Waals surface area contributed by atoms with Gasteiger partial charge in [-0.2, -0.15) is 0 Å². The van der Waals surface area contributed by atoms with Crippen LogP contribution in [0.4, 0.5) is 0 Å². The number of amides is 1. The number of aliphatic carboxylic acids is 1. The molecule has 1 aliphatic rings. The highest BCUT2D eigenvalue weighted by molar-refractivity contribution is 5.79. The normalized spacial score (nSPS) is 20.5. The standard InChI is InChI=1S/C18H25NO4/c1-13-6-5-7-15(12-13)23-11-4-3-8-17(20)19-10-9-16(14(19)2)18(21)22/h5-7,12,14,16H,3-4,8-11H2,1-2H3,(H,21,22). The second-order valence-electron chi connectivity index (χ2n) is 6.18. The average Bonchev–Trinajstić information content (AvgIpc) is 2.88. The van der Waals surface area contributed by atoms with Gasteiger partial charge in [-0.25, -0.2) is 0 Å². The first-order valence-corrected chi connectivity index (χ1v) is 8.21. The first kappa shape index (κ1) is 17.3. The van der Waals surface area contributed by atoms with Crippen molar-refractivity contribution in [3.05, 3.63) is 29.8 Å². The molecule has 1 N–H and O–H groups in total. The second kappa shape index (κ2) is 7.99. The number of carboxylic acids is 1. The molecule has 0 aliphatic carbocycles. The Hall–Kier alpha value is -2.04. The number of carbonyl (C=O) groups excluding carboxylic acids is 1. The molecule has 1 fully saturated rings. The molecule has 5 heteroatoms.